The summed E-state index contributed by atoms with van der Waals surface area (Å²) in [7, 11) is 1.91. The third-order valence-corrected chi connectivity index (χ3v) is 5.51. The van der Waals surface area contributed by atoms with E-state index < -0.39 is 0 Å². The largest absolute Gasteiger partial charge is 0.307 e. The quantitative estimate of drug-likeness (QED) is 0.724. The van der Waals surface area contributed by atoms with Crippen molar-refractivity contribution in [2.75, 3.05) is 7.05 Å². The van der Waals surface area contributed by atoms with Crippen LogP contribution in [-0.4, -0.2) is 17.2 Å². The highest BCUT2D eigenvalue weighted by Crippen LogP contribution is 2.40. The molecule has 1 N–H and O–H groups in total. The average Bonchev–Trinajstić information content (AvgIpc) is 3.08. The smallest absolute Gasteiger partial charge is 0.150 e. The molecule has 0 amide bonds. The monoisotopic (exact) mass is 355 g/mol. The van der Waals surface area contributed by atoms with Crippen molar-refractivity contribution in [2.45, 2.75) is 6.04 Å². The number of hydrogen-bond donors (Lipinski definition) is 1. The van der Waals surface area contributed by atoms with Crippen LogP contribution < -0.4 is 5.32 Å². The number of halogens is 2. The summed E-state index contributed by atoms with van der Waals surface area (Å²) in [6.45, 7) is 0. The van der Waals surface area contributed by atoms with Crippen LogP contribution in [0.4, 0.5) is 0 Å². The van der Waals surface area contributed by atoms with Gasteiger partial charge in [-0.05, 0) is 18.7 Å². The molecule has 2 heterocycles. The first-order valence-corrected chi connectivity index (χ1v) is 8.58. The number of rotatable bonds is 4. The second kappa shape index (κ2) is 6.42. The Bertz CT molecular complexity index is 740. The molecule has 3 rings (SSSR count). The molecule has 7 heteroatoms. The van der Waals surface area contributed by atoms with Crippen molar-refractivity contribution in [3.8, 4) is 10.6 Å². The standard InChI is InChI=1S/C14H11Cl2N3S2/c1-17-11(8-5-3-2-4-6-8)14-19-18-13(21-14)9-7-10(15)20-12(9)16/h2-7,11,17H,1H3. The van der Waals surface area contributed by atoms with Gasteiger partial charge in [-0.15, -0.1) is 21.5 Å². The highest BCUT2D eigenvalue weighted by molar-refractivity contribution is 7.21. The van der Waals surface area contributed by atoms with Gasteiger partial charge < -0.3 is 5.32 Å². The molecule has 0 radical (unpaired) electrons. The molecular formula is C14H11Cl2N3S2. The predicted octanol–water partition coefficient (Wildman–Crippen LogP) is 4.88. The van der Waals surface area contributed by atoms with E-state index in [9.17, 15) is 0 Å². The number of benzene rings is 1. The van der Waals surface area contributed by atoms with Gasteiger partial charge in [0, 0.05) is 5.56 Å². The molecule has 0 aliphatic rings. The average molecular weight is 356 g/mol. The lowest BCUT2D eigenvalue weighted by Gasteiger charge is -2.12. The van der Waals surface area contributed by atoms with Gasteiger partial charge in [0.25, 0.3) is 0 Å². The van der Waals surface area contributed by atoms with Crippen LogP contribution in [0.3, 0.4) is 0 Å². The maximum Gasteiger partial charge on any atom is 0.150 e. The molecule has 0 saturated carbocycles. The van der Waals surface area contributed by atoms with E-state index in [1.165, 1.54) is 22.7 Å². The van der Waals surface area contributed by atoms with E-state index in [0.29, 0.717) is 8.67 Å². The summed E-state index contributed by atoms with van der Waals surface area (Å²) in [6.07, 6.45) is 0. The Morgan fingerprint density at radius 2 is 1.86 bits per heavy atom. The van der Waals surface area contributed by atoms with Crippen LogP contribution in [0.1, 0.15) is 16.6 Å². The van der Waals surface area contributed by atoms with Gasteiger partial charge in [0.1, 0.15) is 14.4 Å². The van der Waals surface area contributed by atoms with Gasteiger partial charge in [-0.2, -0.15) is 0 Å². The number of aromatic nitrogens is 2. The first-order chi connectivity index (χ1) is 10.2. The van der Waals surface area contributed by atoms with Crippen molar-refractivity contribution in [1.82, 2.24) is 15.5 Å². The first-order valence-electron chi connectivity index (χ1n) is 6.20. The normalized spacial score (nSPS) is 12.5. The van der Waals surface area contributed by atoms with Crippen molar-refractivity contribution in [3.63, 3.8) is 0 Å². The highest BCUT2D eigenvalue weighted by atomic mass is 35.5. The molecule has 3 aromatic rings. The molecule has 0 aliphatic carbocycles. The fourth-order valence-corrected chi connectivity index (χ4v) is 4.62. The van der Waals surface area contributed by atoms with E-state index in [-0.39, 0.29) is 6.04 Å². The minimum absolute atomic E-state index is 0.0188. The summed E-state index contributed by atoms with van der Waals surface area (Å²) in [5.41, 5.74) is 2.00. The maximum atomic E-state index is 6.18. The number of nitrogens with one attached hydrogen (secondary N) is 1. The predicted molar refractivity (Wildman–Crippen MR) is 90.6 cm³/mol. The maximum absolute atomic E-state index is 6.18. The van der Waals surface area contributed by atoms with Crippen LogP contribution in [0.15, 0.2) is 36.4 Å². The zero-order valence-corrected chi connectivity index (χ0v) is 14.2. The minimum Gasteiger partial charge on any atom is -0.307 e. The number of nitrogens with zero attached hydrogens (tertiary/aromatic N) is 2. The molecule has 0 aliphatic heterocycles. The molecule has 0 fully saturated rings. The fourth-order valence-electron chi connectivity index (χ4n) is 2.02. The third kappa shape index (κ3) is 3.12. The topological polar surface area (TPSA) is 37.8 Å². The third-order valence-electron chi connectivity index (χ3n) is 3.00. The van der Waals surface area contributed by atoms with Crippen LogP contribution in [-0.2, 0) is 0 Å². The molecule has 3 nitrogen and oxygen atoms in total. The summed E-state index contributed by atoms with van der Waals surface area (Å²) in [4.78, 5) is 0. The first kappa shape index (κ1) is 14.9. The molecule has 0 saturated heterocycles. The Kier molecular flexibility index (Phi) is 4.57. The summed E-state index contributed by atoms with van der Waals surface area (Å²) >= 11 is 15.0. The lowest BCUT2D eigenvalue weighted by Crippen LogP contribution is -2.17. The summed E-state index contributed by atoms with van der Waals surface area (Å²) in [5, 5.41) is 13.5. The molecule has 1 atom stereocenters. The highest BCUT2D eigenvalue weighted by Gasteiger charge is 2.19. The van der Waals surface area contributed by atoms with Gasteiger partial charge in [0.2, 0.25) is 0 Å². The minimum atomic E-state index is 0.0188. The van der Waals surface area contributed by atoms with Gasteiger partial charge in [0.15, 0.2) is 0 Å². The van der Waals surface area contributed by atoms with Crippen LogP contribution in [0.25, 0.3) is 10.6 Å². The van der Waals surface area contributed by atoms with Gasteiger partial charge in [-0.25, -0.2) is 0 Å². The molecular weight excluding hydrogens is 345 g/mol. The second-order valence-electron chi connectivity index (χ2n) is 4.32. The Hall–Kier alpha value is -0.980. The van der Waals surface area contributed by atoms with E-state index in [2.05, 4.69) is 27.6 Å². The summed E-state index contributed by atoms with van der Waals surface area (Å²) in [6, 6.07) is 12.0. The zero-order chi connectivity index (χ0) is 14.8. The Balaban J connectivity index is 1.95. The Morgan fingerprint density at radius 3 is 2.48 bits per heavy atom. The van der Waals surface area contributed by atoms with Gasteiger partial charge in [-0.3, -0.25) is 0 Å². The van der Waals surface area contributed by atoms with Gasteiger partial charge in [0.05, 0.1) is 10.4 Å². The van der Waals surface area contributed by atoms with Gasteiger partial charge >= 0.3 is 0 Å². The lowest BCUT2D eigenvalue weighted by molar-refractivity contribution is 0.678. The number of hydrogen-bond acceptors (Lipinski definition) is 5. The Labute approximate surface area is 140 Å². The van der Waals surface area contributed by atoms with Crippen molar-refractivity contribution in [1.29, 1.82) is 0 Å². The number of thiophene rings is 1. The molecule has 1 aromatic carbocycles. The van der Waals surface area contributed by atoms with E-state index >= 15 is 0 Å². The van der Waals surface area contributed by atoms with Gasteiger partial charge in [-0.1, -0.05) is 64.9 Å². The molecule has 1 unspecified atom stereocenters. The van der Waals surface area contributed by atoms with Crippen molar-refractivity contribution >= 4 is 45.9 Å². The van der Waals surface area contributed by atoms with E-state index in [0.717, 1.165) is 21.1 Å². The molecule has 108 valence electrons. The lowest BCUT2D eigenvalue weighted by atomic mass is 10.1. The van der Waals surface area contributed by atoms with Crippen molar-refractivity contribution in [2.24, 2.45) is 0 Å². The van der Waals surface area contributed by atoms with E-state index in [1.807, 2.05) is 31.3 Å². The summed E-state index contributed by atoms with van der Waals surface area (Å²) in [5.74, 6) is 0. The van der Waals surface area contributed by atoms with Crippen molar-refractivity contribution < 1.29 is 0 Å². The fraction of sp³-hybridized carbons (Fsp3) is 0.143. The molecule has 0 bridgehead atoms. The van der Waals surface area contributed by atoms with Crippen LogP contribution in [0.5, 0.6) is 0 Å². The van der Waals surface area contributed by atoms with E-state index in [1.54, 1.807) is 0 Å². The second-order valence-corrected chi connectivity index (χ2v) is 7.61. The van der Waals surface area contributed by atoms with Crippen LogP contribution in [0, 0.1) is 0 Å². The van der Waals surface area contributed by atoms with Crippen LogP contribution in [0.2, 0.25) is 8.67 Å². The molecule has 2 aromatic heterocycles. The SMILES string of the molecule is CNC(c1ccccc1)c1nnc(-c2cc(Cl)sc2Cl)s1. The van der Waals surface area contributed by atoms with E-state index in [4.69, 9.17) is 23.2 Å². The summed E-state index contributed by atoms with van der Waals surface area (Å²) < 4.78 is 1.29. The van der Waals surface area contributed by atoms with Crippen LogP contribution >= 0.6 is 45.9 Å². The zero-order valence-electron chi connectivity index (χ0n) is 11.0. The molecule has 21 heavy (non-hydrogen) atoms. The van der Waals surface area contributed by atoms with Crippen molar-refractivity contribution in [3.05, 3.63) is 55.6 Å². The molecule has 0 spiro atoms. The Morgan fingerprint density at radius 1 is 1.10 bits per heavy atom.